The lowest BCUT2D eigenvalue weighted by molar-refractivity contribution is -0.138. The van der Waals surface area contributed by atoms with Crippen LogP contribution >= 0.6 is 46.4 Å². The molecule has 2 aliphatic rings. The van der Waals surface area contributed by atoms with Crippen LogP contribution < -0.4 is 10.0 Å². The predicted octanol–water partition coefficient (Wildman–Crippen LogP) is 11.4. The molecule has 0 aliphatic carbocycles. The van der Waals surface area contributed by atoms with Crippen LogP contribution in [-0.4, -0.2) is 33.9 Å². The van der Waals surface area contributed by atoms with E-state index in [2.05, 4.69) is 18.1 Å². The van der Waals surface area contributed by atoms with Crippen LogP contribution in [0.5, 0.6) is 0 Å². The zero-order valence-electron chi connectivity index (χ0n) is 27.7. The first-order valence-corrected chi connectivity index (χ1v) is 18.9. The Morgan fingerprint density at radius 2 is 1.40 bits per heavy atom. The molecule has 1 saturated heterocycles. The molecule has 4 rings (SSSR count). The summed E-state index contributed by atoms with van der Waals surface area (Å²) in [5.74, 6) is -1.36. The Labute approximate surface area is 305 Å². The first-order chi connectivity index (χ1) is 23.2. The Morgan fingerprint density at radius 1 is 0.812 bits per heavy atom. The largest absolute Gasteiger partial charge is 0.272 e. The molecule has 2 heterocycles. The third-order valence-corrected chi connectivity index (χ3v) is 9.75. The SMILES string of the molecule is CCCCCCCCCCCCCCCCC=Cc1cccc(N(C2=NN(c3c(Cl)cc(Cl)cc3Cl)C(=O)C2)N2C(=O)CC(Cl)C2=O)c1. The summed E-state index contributed by atoms with van der Waals surface area (Å²) in [4.78, 5) is 39.3. The maximum absolute atomic E-state index is 13.2. The number of hydrogen-bond donors (Lipinski definition) is 0. The van der Waals surface area contributed by atoms with Crippen LogP contribution in [0.2, 0.25) is 15.1 Å². The number of hydrazone groups is 1. The molecule has 3 amide bonds. The Kier molecular flexibility index (Phi) is 15.6. The summed E-state index contributed by atoms with van der Waals surface area (Å²) in [7, 11) is 0. The fourth-order valence-electron chi connectivity index (χ4n) is 6.05. The van der Waals surface area contributed by atoms with E-state index in [4.69, 9.17) is 46.4 Å². The molecule has 0 aromatic heterocycles. The normalized spacial score (nSPS) is 16.6. The number of hydrazine groups is 1. The Balaban J connectivity index is 1.33. The lowest BCUT2D eigenvalue weighted by atomic mass is 10.0. The van der Waals surface area contributed by atoms with Crippen molar-refractivity contribution in [3.05, 3.63) is 63.1 Å². The van der Waals surface area contributed by atoms with Crippen molar-refractivity contribution in [3.63, 3.8) is 0 Å². The molecule has 1 atom stereocenters. The number of alkyl halides is 1. The first-order valence-electron chi connectivity index (χ1n) is 17.3. The highest BCUT2D eigenvalue weighted by atomic mass is 35.5. The number of imide groups is 1. The maximum Gasteiger partial charge on any atom is 0.267 e. The Bertz CT molecular complexity index is 1460. The van der Waals surface area contributed by atoms with Gasteiger partial charge in [0, 0.05) is 5.02 Å². The average Bonchev–Trinajstić information content (AvgIpc) is 3.54. The van der Waals surface area contributed by atoms with Crippen molar-refractivity contribution >= 4 is 87.4 Å². The summed E-state index contributed by atoms with van der Waals surface area (Å²) >= 11 is 25.0. The maximum atomic E-state index is 13.2. The summed E-state index contributed by atoms with van der Waals surface area (Å²) in [5, 5.41) is 7.47. The van der Waals surface area contributed by atoms with E-state index in [-0.39, 0.29) is 34.4 Å². The van der Waals surface area contributed by atoms with Crippen LogP contribution in [0.1, 0.15) is 122 Å². The molecule has 0 radical (unpaired) electrons. The van der Waals surface area contributed by atoms with E-state index in [0.717, 1.165) is 28.4 Å². The third-order valence-electron chi connectivity index (χ3n) is 8.62. The minimum Gasteiger partial charge on any atom is -0.272 e. The van der Waals surface area contributed by atoms with Crippen LogP contribution in [0.4, 0.5) is 11.4 Å². The first kappa shape index (κ1) is 38.2. The summed E-state index contributed by atoms with van der Waals surface area (Å²) in [5.41, 5.74) is 1.54. The van der Waals surface area contributed by atoms with Gasteiger partial charge in [0.1, 0.15) is 11.1 Å². The zero-order valence-corrected chi connectivity index (χ0v) is 30.8. The van der Waals surface area contributed by atoms with Crippen molar-refractivity contribution in [3.8, 4) is 0 Å². The van der Waals surface area contributed by atoms with Crippen LogP contribution in [0.15, 0.2) is 47.6 Å². The van der Waals surface area contributed by atoms with Crippen molar-refractivity contribution in [2.45, 2.75) is 121 Å². The summed E-state index contributed by atoms with van der Waals surface area (Å²) < 4.78 is 0. The van der Waals surface area contributed by atoms with Gasteiger partial charge < -0.3 is 0 Å². The van der Waals surface area contributed by atoms with Gasteiger partial charge in [-0.1, -0.05) is 149 Å². The van der Waals surface area contributed by atoms with E-state index in [9.17, 15) is 14.4 Å². The second-order valence-electron chi connectivity index (χ2n) is 12.5. The number of amidine groups is 1. The highest BCUT2D eigenvalue weighted by molar-refractivity contribution is 6.43. The minimum atomic E-state index is -1.01. The molecule has 0 bridgehead atoms. The molecule has 7 nitrogen and oxygen atoms in total. The van der Waals surface area contributed by atoms with Gasteiger partial charge in [-0.05, 0) is 42.7 Å². The zero-order chi connectivity index (χ0) is 34.5. The lowest BCUT2D eigenvalue weighted by Crippen LogP contribution is -2.50. The van der Waals surface area contributed by atoms with Gasteiger partial charge in [0.05, 0.1) is 28.6 Å². The standard InChI is InChI=1S/C37H46Cl4N4O3/c1-2-3-4-5-6-7-8-9-10-11-12-13-14-15-16-17-19-27-20-18-21-29(22-27)44(45-35(47)25-32(41)37(45)48)33-26-34(46)43(42-33)36-30(39)23-28(38)24-31(36)40/h17-24,32H,2-16,25-26H2,1H3. The van der Waals surface area contributed by atoms with Gasteiger partial charge in [0.2, 0.25) is 0 Å². The van der Waals surface area contributed by atoms with Crippen LogP contribution in [0.3, 0.4) is 0 Å². The number of carbonyl (C=O) groups excluding carboxylic acids is 3. The van der Waals surface area contributed by atoms with E-state index < -0.39 is 23.1 Å². The number of carbonyl (C=O) groups is 3. The number of halogens is 4. The lowest BCUT2D eigenvalue weighted by Gasteiger charge is -2.31. The molecule has 2 aromatic rings. The smallest absolute Gasteiger partial charge is 0.267 e. The molecule has 2 aromatic carbocycles. The molecule has 11 heteroatoms. The Morgan fingerprint density at radius 3 is 1.96 bits per heavy atom. The van der Waals surface area contributed by atoms with Crippen molar-refractivity contribution in [1.29, 1.82) is 0 Å². The topological polar surface area (TPSA) is 73.3 Å². The van der Waals surface area contributed by atoms with Crippen LogP contribution in [0.25, 0.3) is 6.08 Å². The quantitative estimate of drug-likeness (QED) is 0.0818. The molecule has 1 fully saturated rings. The summed E-state index contributed by atoms with van der Waals surface area (Å²) in [6.45, 7) is 2.26. The minimum absolute atomic E-state index is 0.137. The van der Waals surface area contributed by atoms with Crippen molar-refractivity contribution < 1.29 is 14.4 Å². The van der Waals surface area contributed by atoms with Gasteiger partial charge >= 0.3 is 0 Å². The molecule has 0 spiro atoms. The number of allylic oxidation sites excluding steroid dienone is 1. The van der Waals surface area contributed by atoms with Gasteiger partial charge in [-0.15, -0.1) is 16.7 Å². The number of anilines is 2. The van der Waals surface area contributed by atoms with Gasteiger partial charge in [-0.2, -0.15) is 10.0 Å². The number of nitrogens with zero attached hydrogens (tertiary/aromatic N) is 4. The number of benzene rings is 2. The summed E-state index contributed by atoms with van der Waals surface area (Å²) in [6, 6.07) is 10.3. The number of amides is 3. The van der Waals surface area contributed by atoms with Gasteiger partial charge in [0.25, 0.3) is 17.7 Å². The molecular weight excluding hydrogens is 690 g/mol. The molecule has 0 N–H and O–H groups in total. The van der Waals surface area contributed by atoms with E-state index in [1.165, 1.54) is 101 Å². The van der Waals surface area contributed by atoms with Crippen LogP contribution in [-0.2, 0) is 14.4 Å². The van der Waals surface area contributed by atoms with Crippen molar-refractivity contribution in [1.82, 2.24) is 5.01 Å². The van der Waals surface area contributed by atoms with E-state index >= 15 is 0 Å². The molecule has 260 valence electrons. The molecule has 2 aliphatic heterocycles. The van der Waals surface area contributed by atoms with Crippen molar-refractivity contribution in [2.24, 2.45) is 5.10 Å². The van der Waals surface area contributed by atoms with Gasteiger partial charge in [-0.3, -0.25) is 14.4 Å². The fraction of sp³-hybridized carbons (Fsp3) is 0.514. The highest BCUT2D eigenvalue weighted by Gasteiger charge is 2.45. The molecular formula is C37H46Cl4N4O3. The Hall–Kier alpha value is -2.58. The van der Waals surface area contributed by atoms with E-state index in [1.54, 1.807) is 6.07 Å². The predicted molar refractivity (Wildman–Crippen MR) is 200 cm³/mol. The van der Waals surface area contributed by atoms with Gasteiger partial charge in [0.15, 0.2) is 5.84 Å². The van der Waals surface area contributed by atoms with Gasteiger partial charge in [-0.25, -0.2) is 5.01 Å². The number of hydrogen-bond acceptors (Lipinski definition) is 5. The second kappa shape index (κ2) is 19.6. The molecule has 0 saturated carbocycles. The fourth-order valence-corrected chi connectivity index (χ4v) is 7.26. The van der Waals surface area contributed by atoms with E-state index in [0.29, 0.717) is 10.7 Å². The second-order valence-corrected chi connectivity index (χ2v) is 14.3. The number of unbranched alkanes of at least 4 members (excludes halogenated alkanes) is 14. The van der Waals surface area contributed by atoms with Crippen LogP contribution in [0, 0.1) is 0 Å². The monoisotopic (exact) mass is 734 g/mol. The molecule has 48 heavy (non-hydrogen) atoms. The third kappa shape index (κ3) is 10.7. The van der Waals surface area contributed by atoms with Crippen molar-refractivity contribution in [2.75, 3.05) is 10.0 Å². The van der Waals surface area contributed by atoms with E-state index in [1.807, 2.05) is 24.3 Å². The number of rotatable bonds is 19. The average molecular weight is 737 g/mol. The summed E-state index contributed by atoms with van der Waals surface area (Å²) in [6.07, 6.45) is 23.4. The molecule has 1 unspecified atom stereocenters. The highest BCUT2D eigenvalue weighted by Crippen LogP contribution is 2.39.